The zero-order valence-corrected chi connectivity index (χ0v) is 31.1. The van der Waals surface area contributed by atoms with Gasteiger partial charge in [0.2, 0.25) is 5.89 Å². The maximum Gasteiger partial charge on any atom is 0.434 e. The molecule has 0 saturated carbocycles. The molecule has 3 unspecified atom stereocenters. The number of rotatable bonds is 10. The lowest BCUT2D eigenvalue weighted by Crippen LogP contribution is -2.70. The molecular weight excluding hydrogens is 710 g/mol. The smallest absolute Gasteiger partial charge is 0.434 e. The summed E-state index contributed by atoms with van der Waals surface area (Å²) in [5.41, 5.74) is 7.10. The van der Waals surface area contributed by atoms with Crippen LogP contribution < -0.4 is 10.5 Å². The summed E-state index contributed by atoms with van der Waals surface area (Å²) in [4.78, 5) is 62.2. The fourth-order valence-electron chi connectivity index (χ4n) is 6.60. The molecule has 13 nitrogen and oxygen atoms in total. The summed E-state index contributed by atoms with van der Waals surface area (Å²) in [7, 11) is -4.25. The average Bonchev–Trinajstić information content (AvgIpc) is 3.73. The average molecular weight is 753 g/mol. The highest BCUT2D eigenvalue weighted by molar-refractivity contribution is 7.90. The van der Waals surface area contributed by atoms with Crippen LogP contribution in [0, 0.1) is 11.8 Å². The van der Waals surface area contributed by atoms with Crippen molar-refractivity contribution in [2.45, 2.75) is 76.6 Å². The lowest BCUT2D eigenvalue weighted by molar-refractivity contribution is -0.789. The Bertz CT molecular complexity index is 2050. The number of aromatic nitrogens is 1. The highest BCUT2D eigenvalue weighted by Crippen LogP contribution is 2.36. The van der Waals surface area contributed by atoms with E-state index in [9.17, 15) is 27.9 Å². The Morgan fingerprint density at radius 3 is 2.13 bits per heavy atom. The minimum atomic E-state index is -4.25. The highest BCUT2D eigenvalue weighted by atomic mass is 35.5. The van der Waals surface area contributed by atoms with Gasteiger partial charge in [0, 0.05) is 29.0 Å². The fraction of sp³-hybridized carbons (Fsp3) is 0.378. The number of quaternary nitrogens is 1. The third-order valence-electron chi connectivity index (χ3n) is 9.66. The number of hydrogen-bond donors (Lipinski definition) is 3. The highest BCUT2D eigenvalue weighted by Gasteiger charge is 2.59. The molecule has 3 aromatic carbocycles. The van der Waals surface area contributed by atoms with Crippen molar-refractivity contribution in [2.24, 2.45) is 17.6 Å². The largest absolute Gasteiger partial charge is 0.438 e. The van der Waals surface area contributed by atoms with Gasteiger partial charge in [0.15, 0.2) is 11.7 Å². The van der Waals surface area contributed by atoms with E-state index < -0.39 is 68.4 Å². The SMILES string of the molecule is CC(C)C(C(O)c1nc2ccccc2o1)N(C(=O)c1ccc(C(=O)NS(=O)(=O)c2ccc(Cl)cc2)cc1)C(=O)[N+]1(C(=O)[C@@H](N)C(C)C)CCC[C@H]1C. The summed E-state index contributed by atoms with van der Waals surface area (Å²) in [5.74, 6) is -3.35. The van der Waals surface area contributed by atoms with Gasteiger partial charge >= 0.3 is 11.9 Å². The number of nitrogens with zero attached hydrogens (tertiary/aromatic N) is 3. The number of aliphatic hydroxyl groups excluding tert-OH is 1. The Hall–Kier alpha value is -4.47. The molecule has 0 aliphatic carbocycles. The standard InChI is InChI=1S/C37H42ClN5O8S/c1-21(2)30(39)36(47)43(20-8-9-23(43)5)37(48)42(31(22(3)4)32(44)34-40-28-10-6-7-11-29(28)51-34)35(46)25-14-12-24(13-15-25)33(45)41-52(49,50)27-18-16-26(38)17-19-27/h6-7,10-19,21-23,30-32,44H,8-9,20,39H2,1-5H3/p+1/t23-,30+,31?,32?,43?/m1/s1. The van der Waals surface area contributed by atoms with Crippen molar-refractivity contribution in [2.75, 3.05) is 6.54 Å². The Balaban J connectivity index is 1.56. The zero-order valence-electron chi connectivity index (χ0n) is 29.5. The van der Waals surface area contributed by atoms with Crippen LogP contribution in [0.2, 0.25) is 5.02 Å². The van der Waals surface area contributed by atoms with Crippen LogP contribution >= 0.6 is 11.6 Å². The van der Waals surface area contributed by atoms with Crippen LogP contribution in [0.3, 0.4) is 0 Å². The molecule has 4 N–H and O–H groups in total. The number of amides is 5. The molecule has 52 heavy (non-hydrogen) atoms. The van der Waals surface area contributed by atoms with Gasteiger partial charge in [-0.25, -0.2) is 32.6 Å². The molecule has 1 aliphatic heterocycles. The number of nitrogens with one attached hydrogen (secondary N) is 1. The van der Waals surface area contributed by atoms with E-state index in [1.807, 2.05) is 4.72 Å². The molecule has 5 rings (SSSR count). The van der Waals surface area contributed by atoms with Crippen LogP contribution in [0.25, 0.3) is 11.1 Å². The first-order chi connectivity index (χ1) is 24.5. The van der Waals surface area contributed by atoms with Gasteiger partial charge in [0.1, 0.15) is 17.6 Å². The summed E-state index contributed by atoms with van der Waals surface area (Å²) < 4.78 is 32.8. The van der Waals surface area contributed by atoms with E-state index in [1.54, 1.807) is 58.9 Å². The quantitative estimate of drug-likeness (QED) is 0.176. The van der Waals surface area contributed by atoms with Gasteiger partial charge in [-0.2, -0.15) is 4.48 Å². The molecule has 0 radical (unpaired) electrons. The van der Waals surface area contributed by atoms with Crippen molar-refractivity contribution in [1.82, 2.24) is 14.6 Å². The molecule has 2 heterocycles. The molecule has 1 fully saturated rings. The molecule has 1 aromatic heterocycles. The maximum absolute atomic E-state index is 15.1. The first-order valence-electron chi connectivity index (χ1n) is 17.0. The molecule has 0 spiro atoms. The second-order valence-electron chi connectivity index (χ2n) is 13.8. The number of imide groups is 2. The van der Waals surface area contributed by atoms with Crippen LogP contribution in [0.15, 0.2) is 82.1 Å². The molecule has 5 atom stereocenters. The third kappa shape index (κ3) is 7.39. The Morgan fingerprint density at radius 1 is 0.962 bits per heavy atom. The molecule has 276 valence electrons. The van der Waals surface area contributed by atoms with Crippen LogP contribution in [-0.4, -0.2) is 76.3 Å². The summed E-state index contributed by atoms with van der Waals surface area (Å²) >= 11 is 5.86. The molecule has 4 aromatic rings. The van der Waals surface area contributed by atoms with Gasteiger partial charge in [-0.1, -0.05) is 51.4 Å². The number of oxazole rings is 1. The van der Waals surface area contributed by atoms with Crippen LogP contribution in [-0.2, 0) is 14.8 Å². The van der Waals surface area contributed by atoms with Gasteiger partial charge in [-0.3, -0.25) is 9.59 Å². The number of fused-ring (bicyclic) bond motifs is 1. The van der Waals surface area contributed by atoms with E-state index in [0.717, 1.165) is 4.90 Å². The molecular formula is C37H43ClN5O8S+. The number of aliphatic hydroxyl groups is 1. The van der Waals surface area contributed by atoms with Crippen molar-refractivity contribution in [3.8, 4) is 0 Å². The Morgan fingerprint density at radius 2 is 1.58 bits per heavy atom. The molecule has 15 heteroatoms. The normalized spacial score (nSPS) is 19.4. The van der Waals surface area contributed by atoms with Gasteiger partial charge in [0.05, 0.1) is 17.5 Å². The number of halogens is 1. The number of benzene rings is 3. The van der Waals surface area contributed by atoms with Crippen molar-refractivity contribution in [3.05, 3.63) is 94.8 Å². The fourth-order valence-corrected chi connectivity index (χ4v) is 7.70. The van der Waals surface area contributed by atoms with E-state index in [0.29, 0.717) is 29.0 Å². The number of sulfonamides is 1. The first-order valence-corrected chi connectivity index (χ1v) is 18.9. The maximum atomic E-state index is 15.1. The number of carbonyl (C=O) groups excluding carboxylic acids is 4. The molecule has 1 saturated heterocycles. The predicted molar refractivity (Wildman–Crippen MR) is 193 cm³/mol. The van der Waals surface area contributed by atoms with Crippen LogP contribution in [0.5, 0.6) is 0 Å². The van der Waals surface area contributed by atoms with E-state index in [-0.39, 0.29) is 34.4 Å². The number of urea groups is 1. The number of likely N-dealkylation sites (tertiary alicyclic amines) is 1. The summed E-state index contributed by atoms with van der Waals surface area (Å²) in [6.45, 7) is 8.87. The van der Waals surface area contributed by atoms with E-state index >= 15 is 4.79 Å². The van der Waals surface area contributed by atoms with Gasteiger partial charge in [-0.05, 0) is 79.4 Å². The van der Waals surface area contributed by atoms with Gasteiger partial charge < -0.3 is 15.3 Å². The zero-order chi connectivity index (χ0) is 38.1. The topological polar surface area (TPSA) is 190 Å². The second-order valence-corrected chi connectivity index (χ2v) is 15.9. The summed E-state index contributed by atoms with van der Waals surface area (Å²) in [5, 5.41) is 12.2. The lowest BCUT2D eigenvalue weighted by atomic mass is 9.95. The van der Waals surface area contributed by atoms with Gasteiger partial charge in [0.25, 0.3) is 21.8 Å². The van der Waals surface area contributed by atoms with Crippen molar-refractivity contribution in [1.29, 1.82) is 0 Å². The monoisotopic (exact) mass is 752 g/mol. The van der Waals surface area contributed by atoms with Crippen molar-refractivity contribution < 1.29 is 41.6 Å². The Labute approximate surface area is 307 Å². The summed E-state index contributed by atoms with van der Waals surface area (Å²) in [6.07, 6.45) is -0.559. The van der Waals surface area contributed by atoms with Crippen LogP contribution in [0.4, 0.5) is 4.79 Å². The molecule has 5 amide bonds. The van der Waals surface area contributed by atoms with Crippen molar-refractivity contribution in [3.63, 3.8) is 0 Å². The molecule has 0 bridgehead atoms. The number of para-hydroxylation sites is 2. The summed E-state index contributed by atoms with van der Waals surface area (Å²) in [6, 6.07) is 13.5. The third-order valence-corrected chi connectivity index (χ3v) is 11.3. The molecule has 1 aliphatic rings. The van der Waals surface area contributed by atoms with E-state index in [4.69, 9.17) is 21.8 Å². The van der Waals surface area contributed by atoms with Gasteiger partial charge in [-0.15, -0.1) is 0 Å². The minimum Gasteiger partial charge on any atom is -0.438 e. The van der Waals surface area contributed by atoms with Crippen LogP contribution in [0.1, 0.15) is 80.2 Å². The number of hydrogen-bond acceptors (Lipinski definition) is 10. The number of nitrogens with two attached hydrogens (primary N) is 1. The van der Waals surface area contributed by atoms with E-state index in [2.05, 4.69) is 4.98 Å². The lowest BCUT2D eigenvalue weighted by Gasteiger charge is -2.42. The number of carbonyl (C=O) groups is 4. The first kappa shape index (κ1) is 38.8. The predicted octanol–water partition coefficient (Wildman–Crippen LogP) is 5.43. The second kappa shape index (κ2) is 15.2. The van der Waals surface area contributed by atoms with E-state index in [1.165, 1.54) is 48.5 Å². The minimum absolute atomic E-state index is 0.0634. The Kier molecular flexibility index (Phi) is 11.4. The van der Waals surface area contributed by atoms with Crippen molar-refractivity contribution >= 4 is 56.5 Å².